The highest BCUT2D eigenvalue weighted by molar-refractivity contribution is 7.99. The van der Waals surface area contributed by atoms with Crippen LogP contribution in [0.15, 0.2) is 16.6 Å². The zero-order valence-electron chi connectivity index (χ0n) is 30.7. The van der Waals surface area contributed by atoms with Gasteiger partial charge >= 0.3 is 18.1 Å². The molecule has 2 amide bonds. The minimum atomic E-state index is -5.08. The lowest BCUT2D eigenvalue weighted by Gasteiger charge is -2.60. The number of aliphatic imine (C=N–C) groups is 1. The zero-order valence-corrected chi connectivity index (χ0v) is 31.5. The van der Waals surface area contributed by atoms with E-state index < -0.39 is 71.4 Å². The maximum atomic E-state index is 13.5. The number of thioether (sulfide) groups is 1. The Labute approximate surface area is 315 Å². The van der Waals surface area contributed by atoms with Crippen molar-refractivity contribution in [3.63, 3.8) is 0 Å². The number of esters is 1. The first-order valence-electron chi connectivity index (χ1n) is 17.8. The van der Waals surface area contributed by atoms with Gasteiger partial charge < -0.3 is 42.6 Å². The average Bonchev–Trinajstić information content (AvgIpc) is 3.34. The van der Waals surface area contributed by atoms with Crippen molar-refractivity contribution >= 4 is 53.0 Å². The summed E-state index contributed by atoms with van der Waals surface area (Å²) >= 11 is 1.15. The normalized spacial score (nSPS) is 31.1. The third-order valence-corrected chi connectivity index (χ3v) is 12.9. The van der Waals surface area contributed by atoms with Gasteiger partial charge in [0.2, 0.25) is 17.6 Å². The SMILES string of the molecule is C[C@@H](CSCC(=O)OCC(=O)[C@@]1(O)CC[C@H]2[C@@H]3CCC4=CC(=O)CC[C@]4(C)[C@H]3[C@@H](O)C[C@@]21C)C(=O)N[C@H](CCCN=C(N)N)C(N)=O.O=C(O)C(F)(F)F. The molecule has 0 heterocycles. The van der Waals surface area contributed by atoms with Crippen molar-refractivity contribution in [3.8, 4) is 0 Å². The summed E-state index contributed by atoms with van der Waals surface area (Å²) in [6, 6.07) is -0.882. The second-order valence-electron chi connectivity index (χ2n) is 15.2. The maximum Gasteiger partial charge on any atom is 0.490 e. The molecule has 0 spiro atoms. The van der Waals surface area contributed by atoms with Gasteiger partial charge in [0.05, 0.1) is 11.9 Å². The summed E-state index contributed by atoms with van der Waals surface area (Å²) in [5.74, 6) is -5.28. The topological polar surface area (TPSA) is 275 Å². The van der Waals surface area contributed by atoms with E-state index in [1.807, 2.05) is 6.92 Å². The molecular weight excluding hydrogens is 739 g/mol. The van der Waals surface area contributed by atoms with Crippen molar-refractivity contribution in [1.82, 2.24) is 5.32 Å². The Hall–Kier alpha value is -3.71. The number of hydrogen-bond donors (Lipinski definition) is 7. The number of nitrogens with two attached hydrogens (primary N) is 3. The van der Waals surface area contributed by atoms with E-state index in [9.17, 15) is 47.4 Å². The molecule has 54 heavy (non-hydrogen) atoms. The van der Waals surface area contributed by atoms with Gasteiger partial charge in [0, 0.05) is 30.1 Å². The van der Waals surface area contributed by atoms with Gasteiger partial charge in [-0.1, -0.05) is 26.3 Å². The molecule has 3 fully saturated rings. The number of Topliss-reactive ketones (excluding diaryl/α,β-unsaturated/α-hetero) is 1. The van der Waals surface area contributed by atoms with E-state index in [-0.39, 0.29) is 65.7 Å². The fourth-order valence-electron chi connectivity index (χ4n) is 8.96. The first-order valence-corrected chi connectivity index (χ1v) is 19.0. The molecule has 0 saturated heterocycles. The van der Waals surface area contributed by atoms with Gasteiger partial charge in [-0.15, -0.1) is 11.8 Å². The summed E-state index contributed by atoms with van der Waals surface area (Å²) < 4.78 is 37.0. The van der Waals surface area contributed by atoms with Crippen LogP contribution in [0, 0.1) is 34.5 Å². The number of aliphatic carboxylic acids is 1. The molecule has 3 saturated carbocycles. The van der Waals surface area contributed by atoms with Crippen LogP contribution in [0.3, 0.4) is 0 Å². The summed E-state index contributed by atoms with van der Waals surface area (Å²) in [6.07, 6.45) is 0.541. The van der Waals surface area contributed by atoms with Crippen molar-refractivity contribution in [1.29, 1.82) is 0 Å². The van der Waals surface area contributed by atoms with Gasteiger partial charge in [-0.25, -0.2) is 4.79 Å². The highest BCUT2D eigenvalue weighted by atomic mass is 32.2. The number of allylic oxidation sites excluding steroid dienone is 1. The molecule has 9 atom stereocenters. The fraction of sp³-hybridized carbons (Fsp3) is 0.743. The molecule has 304 valence electrons. The number of alkyl halides is 3. The number of primary amides is 1. The third kappa shape index (κ3) is 10.1. The molecule has 4 aliphatic rings. The van der Waals surface area contributed by atoms with Crippen LogP contribution in [0.5, 0.6) is 0 Å². The van der Waals surface area contributed by atoms with Crippen molar-refractivity contribution in [2.45, 2.75) is 102 Å². The predicted octanol–water partition coefficient (Wildman–Crippen LogP) is 1.36. The van der Waals surface area contributed by atoms with Crippen molar-refractivity contribution < 1.29 is 62.0 Å². The number of ether oxygens (including phenoxy) is 1. The first-order chi connectivity index (χ1) is 25.0. The van der Waals surface area contributed by atoms with Gasteiger partial charge in [0.1, 0.15) is 11.6 Å². The van der Waals surface area contributed by atoms with Gasteiger partial charge in [0.15, 0.2) is 18.3 Å². The molecule has 0 aliphatic heterocycles. The van der Waals surface area contributed by atoms with Crippen LogP contribution in [-0.4, -0.2) is 105 Å². The Morgan fingerprint density at radius 1 is 1.11 bits per heavy atom. The van der Waals surface area contributed by atoms with Gasteiger partial charge in [-0.05, 0) is 80.6 Å². The Bertz CT molecular complexity index is 1520. The molecule has 0 aromatic carbocycles. The number of nitrogens with one attached hydrogen (secondary N) is 1. The second-order valence-corrected chi connectivity index (χ2v) is 16.2. The number of ketones is 2. The first kappa shape index (κ1) is 44.7. The lowest BCUT2D eigenvalue weighted by Crippen LogP contribution is -2.62. The summed E-state index contributed by atoms with van der Waals surface area (Å²) in [6.45, 7) is 5.41. The Morgan fingerprint density at radius 2 is 1.76 bits per heavy atom. The van der Waals surface area contributed by atoms with Gasteiger partial charge in [-0.3, -0.25) is 29.0 Å². The number of nitrogens with zero attached hydrogens (tertiary/aromatic N) is 1. The summed E-state index contributed by atoms with van der Waals surface area (Å²) in [5.41, 5.74) is 14.2. The molecule has 15 nitrogen and oxygen atoms in total. The lowest BCUT2D eigenvalue weighted by molar-refractivity contribution is -0.192. The summed E-state index contributed by atoms with van der Waals surface area (Å²) in [4.78, 5) is 75.3. The molecule has 4 aliphatic carbocycles. The molecule has 10 N–H and O–H groups in total. The van der Waals surface area contributed by atoms with Gasteiger partial charge in [0.25, 0.3) is 0 Å². The standard InChI is InChI=1S/C33H51N5O8S.C2HF3O2/c1-18(29(44)38-23(28(34)43)5-4-12-37-30(35)36)16-47-17-26(42)46-15-25(41)33(45)11-9-22-21-7-6-19-13-20(39)8-10-31(19,2)27(21)24(40)14-32(22,33)3;3-2(4,5)1(6)7/h13,18,21-24,27,40,45H,4-12,14-17H2,1-3H3,(H2,34,43)(H,38,44)(H4,35,36,37);(H,6,7)/t18-,21-,22-,23+,24-,27+,31-,32-,33-;/m0./s1. The largest absolute Gasteiger partial charge is 0.490 e. The van der Waals surface area contributed by atoms with E-state index in [1.54, 1.807) is 13.0 Å². The molecule has 0 unspecified atom stereocenters. The van der Waals surface area contributed by atoms with E-state index in [1.165, 1.54) is 0 Å². The van der Waals surface area contributed by atoms with Crippen LogP contribution < -0.4 is 22.5 Å². The van der Waals surface area contributed by atoms with Crippen LogP contribution in [0.2, 0.25) is 0 Å². The average molecular weight is 792 g/mol. The quantitative estimate of drug-likeness (QED) is 0.0567. The number of fused-ring (bicyclic) bond motifs is 5. The second kappa shape index (κ2) is 17.8. The number of aliphatic hydroxyl groups is 2. The number of carbonyl (C=O) groups is 6. The number of carbonyl (C=O) groups excluding carboxylic acids is 5. The van der Waals surface area contributed by atoms with Crippen LogP contribution >= 0.6 is 11.8 Å². The Morgan fingerprint density at radius 3 is 2.35 bits per heavy atom. The van der Waals surface area contributed by atoms with Crippen LogP contribution in [0.25, 0.3) is 0 Å². The smallest absolute Gasteiger partial charge is 0.475 e. The number of carboxylic acid groups (broad SMARTS) is 1. The van der Waals surface area contributed by atoms with Crippen molar-refractivity contribution in [2.24, 2.45) is 56.7 Å². The maximum absolute atomic E-state index is 13.5. The van der Waals surface area contributed by atoms with E-state index in [0.717, 1.165) is 30.2 Å². The zero-order chi connectivity index (χ0) is 40.8. The predicted molar refractivity (Wildman–Crippen MR) is 190 cm³/mol. The van der Waals surface area contributed by atoms with Crippen LogP contribution in [0.4, 0.5) is 13.2 Å². The number of hydrogen-bond acceptors (Lipinski definition) is 11. The number of amides is 2. The number of rotatable bonds is 14. The van der Waals surface area contributed by atoms with E-state index in [0.29, 0.717) is 32.2 Å². The number of carboxylic acids is 1. The number of halogens is 3. The van der Waals surface area contributed by atoms with Gasteiger partial charge in [-0.2, -0.15) is 13.2 Å². The fourth-order valence-corrected chi connectivity index (χ4v) is 9.83. The molecule has 0 radical (unpaired) electrons. The third-order valence-electron chi connectivity index (χ3n) is 11.8. The van der Waals surface area contributed by atoms with Crippen LogP contribution in [0.1, 0.15) is 78.6 Å². The molecule has 4 rings (SSSR count). The molecule has 19 heteroatoms. The van der Waals surface area contributed by atoms with E-state index >= 15 is 0 Å². The van der Waals surface area contributed by atoms with Crippen LogP contribution in [-0.2, 0) is 33.5 Å². The molecule has 0 bridgehead atoms. The van der Waals surface area contributed by atoms with Crippen molar-refractivity contribution in [3.05, 3.63) is 11.6 Å². The van der Waals surface area contributed by atoms with Crippen molar-refractivity contribution in [2.75, 3.05) is 24.7 Å². The molecule has 0 aromatic rings. The number of aliphatic hydroxyl groups excluding tert-OH is 1. The highest BCUT2D eigenvalue weighted by Gasteiger charge is 2.68. The Kier molecular flexibility index (Phi) is 14.8. The molecular formula is C35H52F3N5O10S. The monoisotopic (exact) mass is 791 g/mol. The lowest BCUT2D eigenvalue weighted by atomic mass is 9.45. The summed E-state index contributed by atoms with van der Waals surface area (Å²) in [5, 5.41) is 33.2. The minimum Gasteiger partial charge on any atom is -0.475 e. The minimum absolute atomic E-state index is 0.0205. The summed E-state index contributed by atoms with van der Waals surface area (Å²) in [7, 11) is 0. The number of guanidine groups is 1. The Balaban J connectivity index is 0.00000102. The van der Waals surface area contributed by atoms with E-state index in [4.69, 9.17) is 31.8 Å². The molecule has 0 aromatic heterocycles. The highest BCUT2D eigenvalue weighted by Crippen LogP contribution is 2.67. The van der Waals surface area contributed by atoms with E-state index in [2.05, 4.69) is 17.2 Å².